The highest BCUT2D eigenvalue weighted by Gasteiger charge is 2.26. The van der Waals surface area contributed by atoms with Gasteiger partial charge in [0.2, 0.25) is 5.91 Å². The van der Waals surface area contributed by atoms with Crippen LogP contribution in [0, 0.1) is 5.92 Å². The fourth-order valence-corrected chi connectivity index (χ4v) is 3.13. The summed E-state index contributed by atoms with van der Waals surface area (Å²) < 4.78 is 37.3. The summed E-state index contributed by atoms with van der Waals surface area (Å²) in [5.74, 6) is -0.0306. The average Bonchev–Trinajstić information content (AvgIpc) is 2.61. The first-order chi connectivity index (χ1) is 12.7. The quantitative estimate of drug-likeness (QED) is 0.713. The maximum Gasteiger partial charge on any atom is 0.488 e. The van der Waals surface area contributed by atoms with Crippen molar-refractivity contribution in [3.05, 3.63) is 24.3 Å². The molecule has 0 radical (unpaired) electrons. The van der Waals surface area contributed by atoms with Gasteiger partial charge in [0, 0.05) is 30.7 Å². The molecule has 3 amide bonds. The molecular formula is C17H24FN3O5S. The van der Waals surface area contributed by atoms with E-state index in [1.165, 1.54) is 24.3 Å². The summed E-state index contributed by atoms with van der Waals surface area (Å²) >= 11 is 0. The lowest BCUT2D eigenvalue weighted by Gasteiger charge is -2.33. The van der Waals surface area contributed by atoms with Gasteiger partial charge in [0.05, 0.1) is 0 Å². The van der Waals surface area contributed by atoms with Gasteiger partial charge in [-0.1, -0.05) is 17.7 Å². The Morgan fingerprint density at radius 3 is 2.37 bits per heavy atom. The summed E-state index contributed by atoms with van der Waals surface area (Å²) in [6.45, 7) is 5.12. The van der Waals surface area contributed by atoms with E-state index in [-0.39, 0.29) is 23.6 Å². The van der Waals surface area contributed by atoms with Crippen molar-refractivity contribution < 1.29 is 26.1 Å². The van der Waals surface area contributed by atoms with Gasteiger partial charge in [-0.25, -0.2) is 4.79 Å². The number of carbonyl (C=O) groups is 2. The molecule has 1 unspecified atom stereocenters. The fraction of sp³-hybridized carbons (Fsp3) is 0.529. The Morgan fingerprint density at radius 2 is 1.85 bits per heavy atom. The number of amides is 3. The number of rotatable bonds is 6. The van der Waals surface area contributed by atoms with Crippen LogP contribution < -0.4 is 14.8 Å². The summed E-state index contributed by atoms with van der Waals surface area (Å²) in [7, 11) is -5.08. The molecule has 8 nitrogen and oxygen atoms in total. The Hall–Kier alpha value is -2.36. The summed E-state index contributed by atoms with van der Waals surface area (Å²) in [5.41, 5.74) is 0.403. The smallest absolute Gasteiger partial charge is 0.358 e. The number of nitrogens with zero attached hydrogens (tertiary/aromatic N) is 1. The zero-order valence-electron chi connectivity index (χ0n) is 15.3. The SMILES string of the molecule is CCC(C)C(=O)N1CCC(NC(=O)Nc2ccc(OS(=O)(=O)F)cc2)CC1. The normalized spacial score (nSPS) is 16.5. The summed E-state index contributed by atoms with van der Waals surface area (Å²) in [6, 6.07) is 4.80. The van der Waals surface area contributed by atoms with Crippen LogP contribution in [-0.2, 0) is 15.3 Å². The van der Waals surface area contributed by atoms with Gasteiger partial charge < -0.3 is 19.7 Å². The molecule has 10 heteroatoms. The number of likely N-dealkylation sites (tertiary alicyclic amines) is 1. The molecule has 1 aromatic rings. The van der Waals surface area contributed by atoms with E-state index in [4.69, 9.17) is 0 Å². The Morgan fingerprint density at radius 1 is 1.26 bits per heavy atom. The zero-order valence-corrected chi connectivity index (χ0v) is 16.1. The van der Waals surface area contributed by atoms with Crippen LogP contribution in [0.1, 0.15) is 33.1 Å². The topological polar surface area (TPSA) is 105 Å². The molecule has 1 heterocycles. The van der Waals surface area contributed by atoms with Crippen LogP contribution in [0.3, 0.4) is 0 Å². The first-order valence-corrected chi connectivity index (χ1v) is 10.1. The van der Waals surface area contributed by atoms with Crippen molar-refractivity contribution in [1.29, 1.82) is 0 Å². The molecule has 27 heavy (non-hydrogen) atoms. The molecule has 0 aromatic heterocycles. The van der Waals surface area contributed by atoms with Crippen LogP contribution in [0.25, 0.3) is 0 Å². The molecule has 2 N–H and O–H groups in total. The molecule has 0 saturated carbocycles. The van der Waals surface area contributed by atoms with Crippen LogP contribution in [0.15, 0.2) is 24.3 Å². The summed E-state index contributed by atoms with van der Waals surface area (Å²) in [4.78, 5) is 26.1. The van der Waals surface area contributed by atoms with Gasteiger partial charge in [-0.05, 0) is 43.5 Å². The largest absolute Gasteiger partial charge is 0.488 e. The van der Waals surface area contributed by atoms with Crippen LogP contribution in [0.2, 0.25) is 0 Å². The standard InChI is InChI=1S/C17H24FN3O5S/c1-3-12(2)16(22)21-10-8-14(9-11-21)20-17(23)19-13-4-6-15(7-5-13)26-27(18,24)25/h4-7,12,14H,3,8-11H2,1-2H3,(H2,19,20,23). The predicted octanol–water partition coefficient (Wildman–Crippen LogP) is 2.44. The van der Waals surface area contributed by atoms with Gasteiger partial charge in [0.1, 0.15) is 5.75 Å². The molecule has 1 atom stereocenters. The highest BCUT2D eigenvalue weighted by atomic mass is 32.3. The van der Waals surface area contributed by atoms with Crippen LogP contribution in [0.5, 0.6) is 5.75 Å². The molecule has 1 saturated heterocycles. The van der Waals surface area contributed by atoms with Crippen molar-refractivity contribution in [1.82, 2.24) is 10.2 Å². The highest BCUT2D eigenvalue weighted by Crippen LogP contribution is 2.18. The van der Waals surface area contributed by atoms with E-state index < -0.39 is 16.5 Å². The van der Waals surface area contributed by atoms with E-state index in [1.807, 2.05) is 18.7 Å². The van der Waals surface area contributed by atoms with E-state index in [0.717, 1.165) is 6.42 Å². The predicted molar refractivity (Wildman–Crippen MR) is 98.3 cm³/mol. The molecule has 0 bridgehead atoms. The highest BCUT2D eigenvalue weighted by molar-refractivity contribution is 7.81. The number of halogens is 1. The first-order valence-electron chi connectivity index (χ1n) is 8.78. The van der Waals surface area contributed by atoms with E-state index in [0.29, 0.717) is 31.6 Å². The Bertz CT molecular complexity index is 761. The lowest BCUT2D eigenvalue weighted by molar-refractivity contribution is -0.136. The lowest BCUT2D eigenvalue weighted by atomic mass is 10.0. The number of anilines is 1. The molecule has 1 aliphatic rings. The third-order valence-electron chi connectivity index (χ3n) is 4.48. The molecule has 2 rings (SSSR count). The van der Waals surface area contributed by atoms with Crippen molar-refractivity contribution in [2.75, 3.05) is 18.4 Å². The number of hydrogen-bond donors (Lipinski definition) is 2. The minimum absolute atomic E-state index is 0.0112. The van der Waals surface area contributed by atoms with E-state index in [9.17, 15) is 21.9 Å². The fourth-order valence-electron chi connectivity index (χ4n) is 2.79. The molecular weight excluding hydrogens is 377 g/mol. The molecule has 150 valence electrons. The number of benzene rings is 1. The zero-order chi connectivity index (χ0) is 20.0. The molecule has 1 fully saturated rings. The minimum atomic E-state index is -5.08. The van der Waals surface area contributed by atoms with Gasteiger partial charge >= 0.3 is 16.5 Å². The second-order valence-corrected chi connectivity index (χ2v) is 7.46. The van der Waals surface area contributed by atoms with Crippen molar-refractivity contribution in [3.8, 4) is 5.75 Å². The molecule has 1 aliphatic heterocycles. The van der Waals surface area contributed by atoms with Crippen molar-refractivity contribution >= 4 is 28.1 Å². The Labute approximate surface area is 158 Å². The number of nitrogens with one attached hydrogen (secondary N) is 2. The van der Waals surface area contributed by atoms with Gasteiger partial charge in [-0.3, -0.25) is 4.79 Å². The minimum Gasteiger partial charge on any atom is -0.358 e. The van der Waals surface area contributed by atoms with Crippen LogP contribution in [0.4, 0.5) is 14.4 Å². The van der Waals surface area contributed by atoms with Gasteiger partial charge in [0.15, 0.2) is 0 Å². The average molecular weight is 401 g/mol. The number of piperidine rings is 1. The third-order valence-corrected chi connectivity index (χ3v) is 4.88. The van der Waals surface area contributed by atoms with Crippen molar-refractivity contribution in [2.24, 2.45) is 5.92 Å². The first kappa shape index (κ1) is 20.9. The maximum absolute atomic E-state index is 12.4. The third kappa shape index (κ3) is 6.70. The van der Waals surface area contributed by atoms with Gasteiger partial charge in [-0.2, -0.15) is 8.42 Å². The summed E-state index contributed by atoms with van der Waals surface area (Å²) in [5, 5.41) is 5.46. The van der Waals surface area contributed by atoms with E-state index >= 15 is 0 Å². The van der Waals surface area contributed by atoms with Crippen molar-refractivity contribution in [2.45, 2.75) is 39.2 Å². The van der Waals surface area contributed by atoms with Gasteiger partial charge in [0.25, 0.3) is 0 Å². The number of hydrogen-bond acceptors (Lipinski definition) is 5. The molecule has 0 spiro atoms. The second kappa shape index (κ2) is 9.03. The van der Waals surface area contributed by atoms with E-state index in [2.05, 4.69) is 14.8 Å². The Balaban J connectivity index is 1.79. The molecule has 1 aromatic carbocycles. The van der Waals surface area contributed by atoms with E-state index in [1.54, 1.807) is 0 Å². The van der Waals surface area contributed by atoms with Crippen molar-refractivity contribution in [3.63, 3.8) is 0 Å². The summed E-state index contributed by atoms with van der Waals surface area (Å²) in [6.07, 6.45) is 2.16. The number of carbonyl (C=O) groups excluding carboxylic acids is 2. The van der Waals surface area contributed by atoms with Gasteiger partial charge in [-0.15, -0.1) is 0 Å². The van der Waals surface area contributed by atoms with Crippen LogP contribution >= 0.6 is 0 Å². The lowest BCUT2D eigenvalue weighted by Crippen LogP contribution is -2.48. The molecule has 0 aliphatic carbocycles. The monoisotopic (exact) mass is 401 g/mol. The second-order valence-electron chi connectivity index (χ2n) is 6.51. The Kier molecular flexibility index (Phi) is 7.00. The number of urea groups is 1. The maximum atomic E-state index is 12.4. The van der Waals surface area contributed by atoms with Crippen LogP contribution in [-0.4, -0.2) is 44.4 Å².